The van der Waals surface area contributed by atoms with Crippen LogP contribution in [0.5, 0.6) is 0 Å². The molecule has 164 valence electrons. The van der Waals surface area contributed by atoms with E-state index in [1.807, 2.05) is 18.2 Å². The summed E-state index contributed by atoms with van der Waals surface area (Å²) < 4.78 is 32.0. The number of hydrogen-bond acceptors (Lipinski definition) is 5. The number of hydrogen-bond donors (Lipinski definition) is 3. The van der Waals surface area contributed by atoms with E-state index in [-0.39, 0.29) is 18.7 Å². The molecule has 0 spiro atoms. The van der Waals surface area contributed by atoms with Crippen LogP contribution in [-0.2, 0) is 19.4 Å². The van der Waals surface area contributed by atoms with Gasteiger partial charge in [-0.15, -0.1) is 0 Å². The van der Waals surface area contributed by atoms with Crippen molar-refractivity contribution >= 4 is 5.91 Å². The summed E-state index contributed by atoms with van der Waals surface area (Å²) in [6.45, 7) is 2.77. The molecule has 3 N–H and O–H groups in total. The number of amides is 1. The highest BCUT2D eigenvalue weighted by Gasteiger charge is 2.24. The largest absolute Gasteiger partial charge is 0.390 e. The predicted octanol–water partition coefficient (Wildman–Crippen LogP) is 3.01. The van der Waals surface area contributed by atoms with Crippen LogP contribution < -0.4 is 10.6 Å². The number of halogens is 2. The van der Waals surface area contributed by atoms with Gasteiger partial charge < -0.3 is 20.3 Å². The minimum absolute atomic E-state index is 0.0213. The number of nitrogens with one attached hydrogen (secondary N) is 2. The monoisotopic (exact) mass is 429 g/mol. The summed E-state index contributed by atoms with van der Waals surface area (Å²) in [6, 6.07) is 11.8. The third-order valence-corrected chi connectivity index (χ3v) is 4.90. The first kappa shape index (κ1) is 22.6. The van der Waals surface area contributed by atoms with Gasteiger partial charge in [-0.25, -0.2) is 8.78 Å². The summed E-state index contributed by atoms with van der Waals surface area (Å²) >= 11 is 0. The first-order chi connectivity index (χ1) is 14.9. The molecule has 0 fully saturated rings. The van der Waals surface area contributed by atoms with Crippen LogP contribution in [0.1, 0.15) is 34.2 Å². The number of benzene rings is 2. The van der Waals surface area contributed by atoms with Gasteiger partial charge in [-0.2, -0.15) is 0 Å². The van der Waals surface area contributed by atoms with Gasteiger partial charge in [-0.3, -0.25) is 4.79 Å². The molecule has 2 unspecified atom stereocenters. The molecule has 0 saturated heterocycles. The Morgan fingerprint density at radius 3 is 2.52 bits per heavy atom. The zero-order chi connectivity index (χ0) is 22.2. The third kappa shape index (κ3) is 6.70. The Morgan fingerprint density at radius 2 is 1.84 bits per heavy atom. The lowest BCUT2D eigenvalue weighted by Gasteiger charge is -2.24. The molecule has 3 rings (SSSR count). The van der Waals surface area contributed by atoms with Gasteiger partial charge in [0, 0.05) is 25.2 Å². The summed E-state index contributed by atoms with van der Waals surface area (Å²) in [7, 11) is 0. The molecule has 6 nitrogen and oxygen atoms in total. The second kappa shape index (κ2) is 10.8. The van der Waals surface area contributed by atoms with E-state index in [0.717, 1.165) is 18.1 Å². The Balaban J connectivity index is 1.67. The van der Waals surface area contributed by atoms with Crippen molar-refractivity contribution in [2.24, 2.45) is 0 Å². The highest BCUT2D eigenvalue weighted by molar-refractivity contribution is 5.91. The molecule has 0 aliphatic heterocycles. The Hall–Kier alpha value is -3.10. The van der Waals surface area contributed by atoms with Crippen molar-refractivity contribution in [1.29, 1.82) is 0 Å². The maximum atomic E-state index is 13.6. The van der Waals surface area contributed by atoms with E-state index in [1.54, 1.807) is 0 Å². The van der Waals surface area contributed by atoms with Crippen molar-refractivity contribution in [2.75, 3.05) is 6.54 Å². The fourth-order valence-electron chi connectivity index (χ4n) is 3.30. The van der Waals surface area contributed by atoms with Crippen molar-refractivity contribution in [3.63, 3.8) is 0 Å². The maximum Gasteiger partial charge on any atom is 0.290 e. The zero-order valence-corrected chi connectivity index (χ0v) is 17.1. The lowest BCUT2D eigenvalue weighted by Crippen LogP contribution is -2.48. The number of aromatic nitrogens is 1. The van der Waals surface area contributed by atoms with Crippen LogP contribution in [0.25, 0.3) is 0 Å². The van der Waals surface area contributed by atoms with E-state index in [4.69, 9.17) is 4.52 Å². The Morgan fingerprint density at radius 1 is 1.10 bits per heavy atom. The van der Waals surface area contributed by atoms with Gasteiger partial charge in [-0.05, 0) is 41.7 Å². The second-order valence-electron chi connectivity index (χ2n) is 7.31. The lowest BCUT2D eigenvalue weighted by molar-refractivity contribution is 0.0796. The van der Waals surface area contributed by atoms with Crippen molar-refractivity contribution in [3.8, 4) is 0 Å². The van der Waals surface area contributed by atoms with Gasteiger partial charge in [0.2, 0.25) is 5.76 Å². The van der Waals surface area contributed by atoms with Crippen LogP contribution in [0, 0.1) is 11.6 Å². The summed E-state index contributed by atoms with van der Waals surface area (Å²) in [6.07, 6.45) is 1.26. The first-order valence-corrected chi connectivity index (χ1v) is 10.1. The van der Waals surface area contributed by atoms with Gasteiger partial charge in [-0.1, -0.05) is 36.3 Å². The summed E-state index contributed by atoms with van der Waals surface area (Å²) in [5, 5.41) is 20.0. The third-order valence-electron chi connectivity index (χ3n) is 4.90. The van der Waals surface area contributed by atoms with Crippen LogP contribution in [0.2, 0.25) is 0 Å². The molecule has 3 aromatic rings. The standard InChI is InChI=1S/C23H25F2N3O3/c1-2-15-4-3-5-16(8-15)13-26-14-21(29)20(28-23(30)22-6-7-27-31-22)11-17-9-18(24)12-19(25)10-17/h3-10,12,20-21,26,29H,2,11,13-14H2,1H3,(H,28,30). The molecule has 2 aromatic carbocycles. The molecule has 0 bridgehead atoms. The molecule has 0 aliphatic rings. The van der Waals surface area contributed by atoms with E-state index < -0.39 is 29.7 Å². The SMILES string of the molecule is CCc1cccc(CNCC(O)C(Cc2cc(F)cc(F)c2)NC(=O)c2ccno2)c1. The minimum atomic E-state index is -1.02. The van der Waals surface area contributed by atoms with Crippen LogP contribution >= 0.6 is 0 Å². The number of nitrogens with zero attached hydrogens (tertiary/aromatic N) is 1. The highest BCUT2D eigenvalue weighted by Crippen LogP contribution is 2.13. The predicted molar refractivity (Wildman–Crippen MR) is 111 cm³/mol. The molecule has 0 saturated carbocycles. The molecular weight excluding hydrogens is 404 g/mol. The van der Waals surface area contributed by atoms with E-state index in [9.17, 15) is 18.7 Å². The molecule has 8 heteroatoms. The molecule has 1 aromatic heterocycles. The Labute approximate surface area is 179 Å². The van der Waals surface area contributed by atoms with Crippen molar-refractivity contribution in [2.45, 2.75) is 38.5 Å². The molecule has 1 heterocycles. The summed E-state index contributed by atoms with van der Waals surface area (Å²) in [4.78, 5) is 12.4. The summed E-state index contributed by atoms with van der Waals surface area (Å²) in [5.74, 6) is -2.04. The van der Waals surface area contributed by atoms with Crippen molar-refractivity contribution in [3.05, 3.63) is 88.8 Å². The smallest absolute Gasteiger partial charge is 0.290 e. The fourth-order valence-corrected chi connectivity index (χ4v) is 3.30. The van der Waals surface area contributed by atoms with E-state index >= 15 is 0 Å². The second-order valence-corrected chi connectivity index (χ2v) is 7.31. The number of aliphatic hydroxyl groups excluding tert-OH is 1. The van der Waals surface area contributed by atoms with Crippen LogP contribution in [0.3, 0.4) is 0 Å². The van der Waals surface area contributed by atoms with E-state index in [2.05, 4.69) is 28.8 Å². The lowest BCUT2D eigenvalue weighted by atomic mass is 10.0. The first-order valence-electron chi connectivity index (χ1n) is 10.1. The molecular formula is C23H25F2N3O3. The quantitative estimate of drug-likeness (QED) is 0.461. The Bertz CT molecular complexity index is 975. The molecule has 31 heavy (non-hydrogen) atoms. The highest BCUT2D eigenvalue weighted by atomic mass is 19.1. The van der Waals surface area contributed by atoms with Gasteiger partial charge in [0.05, 0.1) is 18.3 Å². The van der Waals surface area contributed by atoms with Crippen LogP contribution in [0.15, 0.2) is 59.3 Å². The van der Waals surface area contributed by atoms with Crippen molar-refractivity contribution < 1.29 is 23.2 Å². The van der Waals surface area contributed by atoms with Gasteiger partial charge in [0.1, 0.15) is 11.6 Å². The average Bonchev–Trinajstić information content (AvgIpc) is 3.28. The number of aryl methyl sites for hydroxylation is 1. The van der Waals surface area contributed by atoms with Gasteiger partial charge >= 0.3 is 0 Å². The number of carbonyl (C=O) groups excluding carboxylic acids is 1. The number of carbonyl (C=O) groups is 1. The normalized spacial score (nSPS) is 13.0. The van der Waals surface area contributed by atoms with E-state index in [1.165, 1.54) is 30.0 Å². The van der Waals surface area contributed by atoms with Crippen LogP contribution in [-0.4, -0.2) is 34.9 Å². The maximum absolute atomic E-state index is 13.6. The minimum Gasteiger partial charge on any atom is -0.390 e. The number of rotatable bonds is 10. The molecule has 2 atom stereocenters. The average molecular weight is 429 g/mol. The van der Waals surface area contributed by atoms with Crippen molar-refractivity contribution in [1.82, 2.24) is 15.8 Å². The van der Waals surface area contributed by atoms with Gasteiger partial charge in [0.15, 0.2) is 0 Å². The number of aliphatic hydroxyl groups is 1. The van der Waals surface area contributed by atoms with E-state index in [0.29, 0.717) is 12.1 Å². The fraction of sp³-hybridized carbons (Fsp3) is 0.304. The van der Waals surface area contributed by atoms with Gasteiger partial charge in [0.25, 0.3) is 5.91 Å². The Kier molecular flexibility index (Phi) is 7.86. The van der Waals surface area contributed by atoms with Crippen LogP contribution in [0.4, 0.5) is 8.78 Å². The summed E-state index contributed by atoms with van der Waals surface area (Å²) in [5.41, 5.74) is 2.60. The zero-order valence-electron chi connectivity index (χ0n) is 17.1. The molecule has 0 aliphatic carbocycles. The molecule has 1 amide bonds. The molecule has 0 radical (unpaired) electrons. The topological polar surface area (TPSA) is 87.4 Å².